The first kappa shape index (κ1) is 30.1. The predicted molar refractivity (Wildman–Crippen MR) is 215 cm³/mol. The van der Waals surface area contributed by atoms with Crippen LogP contribution in [-0.4, -0.2) is 24.5 Å². The van der Waals surface area contributed by atoms with Crippen molar-refractivity contribution >= 4 is 43.4 Å². The molecule has 0 unspecified atom stereocenters. The minimum absolute atomic E-state index is 0.635. The first-order valence-electron chi connectivity index (χ1n) is 17.2. The van der Waals surface area contributed by atoms with Crippen LogP contribution in [-0.2, 0) is 0 Å². The van der Waals surface area contributed by atoms with Crippen molar-refractivity contribution in [2.75, 3.05) is 0 Å². The monoisotopic (exact) mass is 683 g/mol. The molecule has 0 fully saturated rings. The Kier molecular flexibility index (Phi) is 7.25. The van der Waals surface area contributed by atoms with Gasteiger partial charge in [-0.05, 0) is 53.6 Å². The summed E-state index contributed by atoms with van der Waals surface area (Å²) >= 11 is 1.73. The van der Waals surface area contributed by atoms with Crippen molar-refractivity contribution in [3.63, 3.8) is 0 Å². The number of para-hydroxylation sites is 2. The minimum atomic E-state index is 0.635. The Hall–Kier alpha value is -6.76. The van der Waals surface area contributed by atoms with E-state index < -0.39 is 0 Å². The van der Waals surface area contributed by atoms with Crippen molar-refractivity contribution in [3.8, 4) is 61.5 Å². The molecule has 6 heteroatoms. The summed E-state index contributed by atoms with van der Waals surface area (Å²) in [6.45, 7) is 0. The highest BCUT2D eigenvalue weighted by molar-refractivity contribution is 7.21. The summed E-state index contributed by atoms with van der Waals surface area (Å²) in [6.07, 6.45) is 0. The van der Waals surface area contributed by atoms with Crippen LogP contribution in [0.5, 0.6) is 0 Å². The standard InChI is InChI=1S/C46H29N5S/c1-3-13-30(14-4-1)43-48-44(31-15-5-2-6-16-31)50-45(49-43)34-19-11-17-32(27-34)33-18-12-20-36(28-33)51-40-23-9-7-21-37(40)38-26-25-35(29-41(38)51)46-47-39-22-8-10-24-42(39)52-46/h1-29H. The zero-order chi connectivity index (χ0) is 34.4. The van der Waals surface area contributed by atoms with E-state index in [0.29, 0.717) is 17.5 Å². The molecule has 3 aromatic heterocycles. The number of hydrogen-bond donors (Lipinski definition) is 0. The molecule has 244 valence electrons. The fraction of sp³-hybridized carbons (Fsp3) is 0. The van der Waals surface area contributed by atoms with E-state index in [1.165, 1.54) is 15.5 Å². The molecule has 0 aliphatic rings. The molecule has 0 bridgehead atoms. The molecule has 0 spiro atoms. The van der Waals surface area contributed by atoms with E-state index in [1.807, 2.05) is 66.7 Å². The lowest BCUT2D eigenvalue weighted by Gasteiger charge is -2.12. The van der Waals surface area contributed by atoms with Crippen LogP contribution in [0.25, 0.3) is 93.6 Å². The van der Waals surface area contributed by atoms with Crippen LogP contribution in [0.2, 0.25) is 0 Å². The maximum absolute atomic E-state index is 4.98. The van der Waals surface area contributed by atoms with E-state index in [9.17, 15) is 0 Å². The lowest BCUT2D eigenvalue weighted by molar-refractivity contribution is 1.07. The topological polar surface area (TPSA) is 56.5 Å². The van der Waals surface area contributed by atoms with Gasteiger partial charge in [0.05, 0.1) is 21.3 Å². The van der Waals surface area contributed by atoms with Crippen molar-refractivity contribution in [3.05, 3.63) is 176 Å². The van der Waals surface area contributed by atoms with Gasteiger partial charge in [-0.25, -0.2) is 19.9 Å². The first-order valence-corrected chi connectivity index (χ1v) is 18.0. The Bertz CT molecular complexity index is 2820. The molecule has 0 saturated carbocycles. The zero-order valence-electron chi connectivity index (χ0n) is 27.9. The molecule has 0 radical (unpaired) electrons. The third-order valence-corrected chi connectivity index (χ3v) is 10.6. The molecule has 0 amide bonds. The van der Waals surface area contributed by atoms with Crippen molar-refractivity contribution in [1.29, 1.82) is 0 Å². The van der Waals surface area contributed by atoms with Crippen LogP contribution in [0.4, 0.5) is 0 Å². The molecule has 5 nitrogen and oxygen atoms in total. The van der Waals surface area contributed by atoms with Gasteiger partial charge < -0.3 is 4.57 Å². The number of rotatable bonds is 6. The molecular formula is C46H29N5S. The lowest BCUT2D eigenvalue weighted by Crippen LogP contribution is -2.00. The van der Waals surface area contributed by atoms with Crippen LogP contribution in [0.3, 0.4) is 0 Å². The van der Waals surface area contributed by atoms with E-state index in [1.54, 1.807) is 11.3 Å². The number of thiazole rings is 1. The number of nitrogens with zero attached hydrogens (tertiary/aromatic N) is 5. The Morgan fingerprint density at radius 1 is 0.365 bits per heavy atom. The van der Waals surface area contributed by atoms with Crippen LogP contribution >= 0.6 is 11.3 Å². The second-order valence-corrected chi connectivity index (χ2v) is 13.8. The van der Waals surface area contributed by atoms with E-state index in [2.05, 4.69) is 114 Å². The van der Waals surface area contributed by atoms with Crippen LogP contribution in [0.15, 0.2) is 176 Å². The second kappa shape index (κ2) is 12.5. The Labute approximate surface area is 304 Å². The van der Waals surface area contributed by atoms with Gasteiger partial charge in [-0.15, -0.1) is 11.3 Å². The number of hydrogen-bond acceptors (Lipinski definition) is 5. The van der Waals surface area contributed by atoms with Gasteiger partial charge in [-0.2, -0.15) is 0 Å². The van der Waals surface area contributed by atoms with Gasteiger partial charge in [0.25, 0.3) is 0 Å². The van der Waals surface area contributed by atoms with Gasteiger partial charge in [0.15, 0.2) is 17.5 Å². The highest BCUT2D eigenvalue weighted by Gasteiger charge is 2.16. The molecule has 10 aromatic rings. The predicted octanol–water partition coefficient (Wildman–Crippen LogP) is 11.9. The molecule has 0 saturated heterocycles. The molecule has 0 N–H and O–H groups in total. The highest BCUT2D eigenvalue weighted by atomic mass is 32.1. The summed E-state index contributed by atoms with van der Waals surface area (Å²) in [5.74, 6) is 1.93. The van der Waals surface area contributed by atoms with Crippen molar-refractivity contribution in [2.45, 2.75) is 0 Å². The summed E-state index contributed by atoms with van der Waals surface area (Å²) in [5, 5.41) is 3.46. The van der Waals surface area contributed by atoms with Crippen LogP contribution in [0, 0.1) is 0 Å². The molecule has 10 rings (SSSR count). The zero-order valence-corrected chi connectivity index (χ0v) is 28.7. The maximum atomic E-state index is 4.98. The molecule has 52 heavy (non-hydrogen) atoms. The summed E-state index contributed by atoms with van der Waals surface area (Å²) in [7, 11) is 0. The minimum Gasteiger partial charge on any atom is -0.309 e. The Morgan fingerprint density at radius 3 is 1.69 bits per heavy atom. The second-order valence-electron chi connectivity index (χ2n) is 12.7. The SMILES string of the molecule is c1ccc(-c2nc(-c3ccccc3)nc(-c3cccc(-c4cccc(-n5c6ccccc6c6ccc(-c7nc8ccccc8s7)cc65)c4)c3)n2)cc1. The summed E-state index contributed by atoms with van der Waals surface area (Å²) < 4.78 is 3.57. The van der Waals surface area contributed by atoms with Gasteiger partial charge >= 0.3 is 0 Å². The molecule has 7 aromatic carbocycles. The largest absolute Gasteiger partial charge is 0.309 e. The van der Waals surface area contributed by atoms with E-state index in [4.69, 9.17) is 19.9 Å². The van der Waals surface area contributed by atoms with Crippen LogP contribution < -0.4 is 0 Å². The Morgan fingerprint density at radius 2 is 0.942 bits per heavy atom. The molecule has 0 atom stereocenters. The van der Waals surface area contributed by atoms with Crippen molar-refractivity contribution in [1.82, 2.24) is 24.5 Å². The third-order valence-electron chi connectivity index (χ3n) is 9.47. The average molecular weight is 684 g/mol. The number of aromatic nitrogens is 5. The van der Waals surface area contributed by atoms with Gasteiger partial charge in [-0.1, -0.05) is 133 Å². The van der Waals surface area contributed by atoms with E-state index in [0.717, 1.165) is 60.6 Å². The molecule has 0 aliphatic carbocycles. The van der Waals surface area contributed by atoms with Crippen molar-refractivity contribution < 1.29 is 0 Å². The van der Waals surface area contributed by atoms with Gasteiger partial charge in [-0.3, -0.25) is 0 Å². The smallest absolute Gasteiger partial charge is 0.164 e. The van der Waals surface area contributed by atoms with Crippen molar-refractivity contribution in [2.24, 2.45) is 0 Å². The Balaban J connectivity index is 1.09. The van der Waals surface area contributed by atoms with Crippen LogP contribution in [0.1, 0.15) is 0 Å². The lowest BCUT2D eigenvalue weighted by atomic mass is 10.0. The van der Waals surface area contributed by atoms with Gasteiger partial charge in [0.2, 0.25) is 0 Å². The molecule has 3 heterocycles. The fourth-order valence-electron chi connectivity index (χ4n) is 6.98. The normalized spacial score (nSPS) is 11.5. The number of fused-ring (bicyclic) bond motifs is 4. The third kappa shape index (κ3) is 5.34. The fourth-order valence-corrected chi connectivity index (χ4v) is 7.94. The average Bonchev–Trinajstić information content (AvgIpc) is 3.81. The summed E-state index contributed by atoms with van der Waals surface area (Å²) in [4.78, 5) is 19.8. The highest BCUT2D eigenvalue weighted by Crippen LogP contribution is 2.38. The maximum Gasteiger partial charge on any atom is 0.164 e. The first-order chi connectivity index (χ1) is 25.7. The summed E-state index contributed by atoms with van der Waals surface area (Å²) in [6, 6.07) is 61.1. The van der Waals surface area contributed by atoms with E-state index >= 15 is 0 Å². The van der Waals surface area contributed by atoms with E-state index in [-0.39, 0.29) is 0 Å². The summed E-state index contributed by atoms with van der Waals surface area (Å²) in [5.41, 5.74) is 10.6. The quantitative estimate of drug-likeness (QED) is 0.175. The number of benzene rings is 7. The molecule has 0 aliphatic heterocycles. The van der Waals surface area contributed by atoms with Gasteiger partial charge in [0, 0.05) is 38.7 Å². The van der Waals surface area contributed by atoms with Gasteiger partial charge in [0.1, 0.15) is 5.01 Å². The molecular weight excluding hydrogens is 655 g/mol.